The Labute approximate surface area is 146 Å². The van der Waals surface area contributed by atoms with Crippen molar-refractivity contribution in [3.05, 3.63) is 65.0 Å². The number of rotatable bonds is 6. The van der Waals surface area contributed by atoms with Crippen molar-refractivity contribution in [3.8, 4) is 5.75 Å². The third-order valence-electron chi connectivity index (χ3n) is 3.67. The fourth-order valence-electron chi connectivity index (χ4n) is 2.41. The van der Waals surface area contributed by atoms with Crippen LogP contribution in [0.3, 0.4) is 0 Å². The molecular formula is C18H19ClN4O. The van der Waals surface area contributed by atoms with E-state index >= 15 is 0 Å². The summed E-state index contributed by atoms with van der Waals surface area (Å²) < 4.78 is 9.45. The van der Waals surface area contributed by atoms with Crippen LogP contribution in [0.25, 0.3) is 12.2 Å². The van der Waals surface area contributed by atoms with E-state index in [9.17, 15) is 0 Å². The molecule has 124 valence electrons. The molecule has 0 saturated carbocycles. The van der Waals surface area contributed by atoms with E-state index < -0.39 is 0 Å². The first-order chi connectivity index (χ1) is 11.6. The normalized spacial score (nSPS) is 11.3. The zero-order valence-electron chi connectivity index (χ0n) is 13.7. The van der Waals surface area contributed by atoms with Gasteiger partial charge in [-0.3, -0.25) is 4.68 Å². The van der Waals surface area contributed by atoms with Gasteiger partial charge in [0, 0.05) is 25.0 Å². The van der Waals surface area contributed by atoms with Crippen molar-refractivity contribution in [1.29, 1.82) is 0 Å². The number of hydrogen-bond acceptors (Lipinski definition) is 3. The Morgan fingerprint density at radius 1 is 1.29 bits per heavy atom. The van der Waals surface area contributed by atoms with Crippen molar-refractivity contribution in [2.75, 3.05) is 6.61 Å². The zero-order valence-corrected chi connectivity index (χ0v) is 14.4. The van der Waals surface area contributed by atoms with Crippen molar-refractivity contribution < 1.29 is 4.74 Å². The van der Waals surface area contributed by atoms with Gasteiger partial charge in [0.25, 0.3) is 0 Å². The molecule has 5 nitrogen and oxygen atoms in total. The molecule has 0 bridgehead atoms. The van der Waals surface area contributed by atoms with Gasteiger partial charge in [-0.1, -0.05) is 29.8 Å². The lowest BCUT2D eigenvalue weighted by Gasteiger charge is -2.07. The van der Waals surface area contributed by atoms with E-state index in [0.29, 0.717) is 11.8 Å². The molecule has 3 aromatic rings. The van der Waals surface area contributed by atoms with Crippen molar-refractivity contribution in [2.45, 2.75) is 13.5 Å². The van der Waals surface area contributed by atoms with Crippen LogP contribution < -0.4 is 4.74 Å². The number of imidazole rings is 1. The van der Waals surface area contributed by atoms with Crippen molar-refractivity contribution in [1.82, 2.24) is 19.3 Å². The second kappa shape index (κ2) is 7.36. The van der Waals surface area contributed by atoms with Crippen LogP contribution in [-0.2, 0) is 13.6 Å². The molecule has 0 radical (unpaired) electrons. The topological polar surface area (TPSA) is 44.9 Å². The van der Waals surface area contributed by atoms with Crippen LogP contribution in [0.5, 0.6) is 5.75 Å². The van der Waals surface area contributed by atoms with Crippen molar-refractivity contribution >= 4 is 23.8 Å². The maximum atomic E-state index is 6.25. The van der Waals surface area contributed by atoms with Crippen LogP contribution in [-0.4, -0.2) is 25.9 Å². The number of halogens is 1. The molecule has 0 unspecified atom stereocenters. The molecule has 0 N–H and O–H groups in total. The maximum absolute atomic E-state index is 6.25. The minimum absolute atomic E-state index is 0.594. The second-order valence-corrected chi connectivity index (χ2v) is 5.83. The summed E-state index contributed by atoms with van der Waals surface area (Å²) in [4.78, 5) is 4.01. The largest absolute Gasteiger partial charge is 0.492 e. The number of aromatic nitrogens is 4. The van der Waals surface area contributed by atoms with Gasteiger partial charge < -0.3 is 9.30 Å². The predicted octanol–water partition coefficient (Wildman–Crippen LogP) is 3.83. The molecule has 0 aliphatic carbocycles. The molecule has 2 aromatic heterocycles. The Bertz CT molecular complexity index is 837. The van der Waals surface area contributed by atoms with E-state index in [-0.39, 0.29) is 0 Å². The highest BCUT2D eigenvalue weighted by Crippen LogP contribution is 2.22. The van der Waals surface area contributed by atoms with E-state index in [1.54, 1.807) is 17.2 Å². The zero-order chi connectivity index (χ0) is 16.9. The lowest BCUT2D eigenvalue weighted by atomic mass is 10.1. The Kier molecular flexibility index (Phi) is 5.01. The average molecular weight is 343 g/mol. The summed E-state index contributed by atoms with van der Waals surface area (Å²) in [5.74, 6) is 0.839. The van der Waals surface area contributed by atoms with Crippen LogP contribution in [0.15, 0.2) is 43.0 Å². The predicted molar refractivity (Wildman–Crippen MR) is 96.0 cm³/mol. The molecule has 0 atom stereocenters. The maximum Gasteiger partial charge on any atom is 0.134 e. The Morgan fingerprint density at radius 3 is 2.88 bits per heavy atom. The SMILES string of the molecule is Cc1nn(C)c(Cl)c1/C=C/c1cccc(OCCn2ccnc2)c1. The van der Waals surface area contributed by atoms with Gasteiger partial charge >= 0.3 is 0 Å². The minimum atomic E-state index is 0.594. The van der Waals surface area contributed by atoms with Crippen LogP contribution in [0.1, 0.15) is 16.8 Å². The standard InChI is InChI=1S/C18H19ClN4O/c1-14-17(18(19)22(2)21-14)7-6-15-4-3-5-16(12-15)24-11-10-23-9-8-20-13-23/h3-9,12-13H,10-11H2,1-2H3/b7-6+. The third-order valence-corrected chi connectivity index (χ3v) is 4.12. The van der Waals surface area contributed by atoms with Crippen molar-refractivity contribution in [2.24, 2.45) is 7.05 Å². The van der Waals surface area contributed by atoms with Gasteiger partial charge in [0.15, 0.2) is 0 Å². The van der Waals surface area contributed by atoms with Gasteiger partial charge in [-0.05, 0) is 30.7 Å². The quantitative estimate of drug-likeness (QED) is 0.684. The molecule has 0 aliphatic rings. The molecule has 2 heterocycles. The highest BCUT2D eigenvalue weighted by atomic mass is 35.5. The number of ether oxygens (including phenoxy) is 1. The van der Waals surface area contributed by atoms with Gasteiger partial charge in [0.2, 0.25) is 0 Å². The highest BCUT2D eigenvalue weighted by Gasteiger charge is 2.07. The summed E-state index contributed by atoms with van der Waals surface area (Å²) in [6, 6.07) is 7.96. The summed E-state index contributed by atoms with van der Waals surface area (Å²) in [6.45, 7) is 3.31. The molecule has 0 aliphatic heterocycles. The molecule has 1 aromatic carbocycles. The molecule has 3 rings (SSSR count). The Hall–Kier alpha value is -2.53. The van der Waals surface area contributed by atoms with E-state index in [4.69, 9.17) is 16.3 Å². The number of hydrogen-bond donors (Lipinski definition) is 0. The van der Waals surface area contributed by atoms with Crippen LogP contribution >= 0.6 is 11.6 Å². The molecule has 0 fully saturated rings. The molecule has 0 spiro atoms. The Balaban J connectivity index is 1.65. The summed E-state index contributed by atoms with van der Waals surface area (Å²) in [5, 5.41) is 4.94. The lowest BCUT2D eigenvalue weighted by molar-refractivity contribution is 0.298. The monoisotopic (exact) mass is 342 g/mol. The van der Waals surface area contributed by atoms with Gasteiger partial charge in [0.05, 0.1) is 18.6 Å². The fraction of sp³-hybridized carbons (Fsp3) is 0.222. The summed E-state index contributed by atoms with van der Waals surface area (Å²) in [7, 11) is 1.83. The summed E-state index contributed by atoms with van der Waals surface area (Å²) >= 11 is 6.25. The first-order valence-electron chi connectivity index (χ1n) is 7.69. The number of benzene rings is 1. The number of aryl methyl sites for hydroxylation is 2. The van der Waals surface area contributed by atoms with E-state index in [2.05, 4.69) is 10.1 Å². The van der Waals surface area contributed by atoms with E-state index in [1.165, 1.54) is 0 Å². The second-order valence-electron chi connectivity index (χ2n) is 5.47. The smallest absolute Gasteiger partial charge is 0.134 e. The van der Waals surface area contributed by atoms with E-state index in [0.717, 1.165) is 29.1 Å². The summed E-state index contributed by atoms with van der Waals surface area (Å²) in [5.41, 5.74) is 2.89. The van der Waals surface area contributed by atoms with Crippen LogP contribution in [0.2, 0.25) is 5.15 Å². The van der Waals surface area contributed by atoms with Crippen molar-refractivity contribution in [3.63, 3.8) is 0 Å². The minimum Gasteiger partial charge on any atom is -0.492 e. The van der Waals surface area contributed by atoms with Gasteiger partial charge in [-0.15, -0.1) is 0 Å². The molecular weight excluding hydrogens is 324 g/mol. The first kappa shape index (κ1) is 16.3. The van der Waals surface area contributed by atoms with Crippen LogP contribution in [0, 0.1) is 6.92 Å². The molecule has 0 amide bonds. The highest BCUT2D eigenvalue weighted by molar-refractivity contribution is 6.31. The van der Waals surface area contributed by atoms with Crippen LogP contribution in [0.4, 0.5) is 0 Å². The fourth-order valence-corrected chi connectivity index (χ4v) is 2.65. The summed E-state index contributed by atoms with van der Waals surface area (Å²) in [6.07, 6.45) is 9.45. The number of nitrogens with zero attached hydrogens (tertiary/aromatic N) is 4. The van der Waals surface area contributed by atoms with Gasteiger partial charge in [0.1, 0.15) is 17.5 Å². The van der Waals surface area contributed by atoms with E-state index in [1.807, 2.05) is 61.2 Å². The average Bonchev–Trinajstić information content (AvgIpc) is 3.16. The molecule has 24 heavy (non-hydrogen) atoms. The molecule has 6 heteroatoms. The van der Waals surface area contributed by atoms with Gasteiger partial charge in [-0.25, -0.2) is 4.98 Å². The first-order valence-corrected chi connectivity index (χ1v) is 8.07. The molecule has 0 saturated heterocycles. The third kappa shape index (κ3) is 3.86. The Morgan fingerprint density at radius 2 is 2.17 bits per heavy atom. The van der Waals surface area contributed by atoms with Gasteiger partial charge in [-0.2, -0.15) is 5.10 Å². The lowest BCUT2D eigenvalue weighted by Crippen LogP contribution is -2.06.